The van der Waals surface area contributed by atoms with Crippen LogP contribution in [-0.4, -0.2) is 28.1 Å². The molecule has 2 atom stereocenters. The first-order valence-corrected chi connectivity index (χ1v) is 11.0. The summed E-state index contributed by atoms with van der Waals surface area (Å²) < 4.78 is 5.37. The van der Waals surface area contributed by atoms with E-state index in [9.17, 15) is 4.79 Å². The number of nitrogens with zero attached hydrogens (tertiary/aromatic N) is 2. The van der Waals surface area contributed by atoms with Gasteiger partial charge in [0.1, 0.15) is 0 Å². The minimum atomic E-state index is 0.0726. The van der Waals surface area contributed by atoms with Gasteiger partial charge in [0.25, 0.3) is 0 Å². The molecule has 2 aliphatic carbocycles. The summed E-state index contributed by atoms with van der Waals surface area (Å²) in [4.78, 5) is 17.0. The molecular weight excluding hydrogens is 364 g/mol. The van der Waals surface area contributed by atoms with Crippen LogP contribution in [0.4, 0.5) is 0 Å². The van der Waals surface area contributed by atoms with Gasteiger partial charge in [0.2, 0.25) is 17.6 Å². The molecule has 2 fully saturated rings. The van der Waals surface area contributed by atoms with Gasteiger partial charge in [-0.05, 0) is 49.0 Å². The van der Waals surface area contributed by atoms with Crippen LogP contribution in [0.2, 0.25) is 0 Å². The van der Waals surface area contributed by atoms with E-state index in [4.69, 9.17) is 10.3 Å². The van der Waals surface area contributed by atoms with Crippen LogP contribution in [0.25, 0.3) is 11.4 Å². The van der Waals surface area contributed by atoms with Crippen LogP contribution in [0, 0.1) is 11.8 Å². The summed E-state index contributed by atoms with van der Waals surface area (Å²) in [5.74, 6) is 2.71. The van der Waals surface area contributed by atoms with Gasteiger partial charge in [0.15, 0.2) is 0 Å². The predicted molar refractivity (Wildman–Crippen MR) is 112 cm³/mol. The Kier molecular flexibility index (Phi) is 5.99. The molecule has 29 heavy (non-hydrogen) atoms. The van der Waals surface area contributed by atoms with Crippen molar-refractivity contribution < 1.29 is 9.32 Å². The van der Waals surface area contributed by atoms with Crippen LogP contribution in [0.15, 0.2) is 28.8 Å². The number of amides is 1. The summed E-state index contributed by atoms with van der Waals surface area (Å²) in [7, 11) is 0. The quantitative estimate of drug-likeness (QED) is 0.774. The van der Waals surface area contributed by atoms with Gasteiger partial charge < -0.3 is 15.6 Å². The second-order valence-corrected chi connectivity index (χ2v) is 9.06. The Balaban J connectivity index is 1.31. The summed E-state index contributed by atoms with van der Waals surface area (Å²) in [6.45, 7) is 4.34. The number of aromatic nitrogens is 2. The van der Waals surface area contributed by atoms with Gasteiger partial charge in [-0.2, -0.15) is 4.98 Å². The molecule has 1 aromatic heterocycles. The molecule has 2 aromatic rings. The van der Waals surface area contributed by atoms with Gasteiger partial charge in [-0.15, -0.1) is 0 Å². The zero-order valence-corrected chi connectivity index (χ0v) is 17.4. The Morgan fingerprint density at radius 3 is 2.55 bits per heavy atom. The van der Waals surface area contributed by atoms with E-state index in [1.165, 1.54) is 24.8 Å². The fourth-order valence-corrected chi connectivity index (χ4v) is 4.99. The topological polar surface area (TPSA) is 94.0 Å². The van der Waals surface area contributed by atoms with Crippen LogP contribution >= 0.6 is 0 Å². The number of benzene rings is 1. The van der Waals surface area contributed by atoms with E-state index in [2.05, 4.69) is 41.4 Å². The highest BCUT2D eigenvalue weighted by Gasteiger charge is 2.39. The van der Waals surface area contributed by atoms with E-state index in [0.717, 1.165) is 18.4 Å². The Hall–Kier alpha value is -2.21. The molecule has 2 saturated carbocycles. The molecule has 1 aromatic carbocycles. The van der Waals surface area contributed by atoms with Gasteiger partial charge in [-0.1, -0.05) is 49.7 Å². The molecule has 2 unspecified atom stereocenters. The third-order valence-electron chi connectivity index (χ3n) is 6.57. The van der Waals surface area contributed by atoms with Crippen molar-refractivity contribution in [3.63, 3.8) is 0 Å². The Labute approximate surface area is 172 Å². The molecule has 2 aliphatic rings. The predicted octanol–water partition coefficient (Wildman–Crippen LogP) is 3.81. The minimum Gasteiger partial charge on any atom is -0.353 e. The molecule has 0 radical (unpaired) electrons. The lowest BCUT2D eigenvalue weighted by Gasteiger charge is -2.45. The van der Waals surface area contributed by atoms with Crippen LogP contribution < -0.4 is 11.1 Å². The van der Waals surface area contributed by atoms with Gasteiger partial charge >= 0.3 is 0 Å². The summed E-state index contributed by atoms with van der Waals surface area (Å²) in [6, 6.07) is 8.80. The first-order valence-electron chi connectivity index (χ1n) is 11.0. The van der Waals surface area contributed by atoms with E-state index in [1.807, 2.05) is 12.1 Å². The van der Waals surface area contributed by atoms with Crippen molar-refractivity contribution in [3.05, 3.63) is 35.7 Å². The molecule has 0 saturated heterocycles. The molecule has 4 rings (SSSR count). The fourth-order valence-electron chi connectivity index (χ4n) is 4.99. The van der Waals surface area contributed by atoms with Gasteiger partial charge in [0, 0.05) is 30.5 Å². The molecule has 2 bridgehead atoms. The van der Waals surface area contributed by atoms with Crippen molar-refractivity contribution in [2.24, 2.45) is 17.6 Å². The highest BCUT2D eigenvalue weighted by atomic mass is 16.5. The third kappa shape index (κ3) is 4.69. The molecule has 0 spiro atoms. The summed E-state index contributed by atoms with van der Waals surface area (Å²) in [5.41, 5.74) is 8.40. The molecule has 1 heterocycles. The van der Waals surface area contributed by atoms with Gasteiger partial charge in [0.05, 0.1) is 0 Å². The maximum absolute atomic E-state index is 12.5. The lowest BCUT2D eigenvalue weighted by Crippen LogP contribution is -2.53. The number of carbonyl (C=O) groups is 1. The molecule has 6 nitrogen and oxygen atoms in total. The monoisotopic (exact) mass is 396 g/mol. The second-order valence-electron chi connectivity index (χ2n) is 9.06. The summed E-state index contributed by atoms with van der Waals surface area (Å²) in [6.07, 6.45) is 6.52. The molecular formula is C23H32N4O2. The van der Waals surface area contributed by atoms with Crippen molar-refractivity contribution in [3.8, 4) is 11.4 Å². The fraction of sp³-hybridized carbons (Fsp3) is 0.609. The zero-order chi connectivity index (χ0) is 20.4. The number of nitrogens with two attached hydrogens (primary N) is 1. The second kappa shape index (κ2) is 8.66. The first-order chi connectivity index (χ1) is 14.0. The molecule has 156 valence electrons. The number of fused-ring (bicyclic) bond motifs is 2. The number of carbonyl (C=O) groups excluding carboxylic acids is 1. The minimum absolute atomic E-state index is 0.0726. The normalized spacial score (nSPS) is 26.5. The smallest absolute Gasteiger partial charge is 0.227 e. The number of nitrogens with one attached hydrogen (secondary N) is 1. The lowest BCUT2D eigenvalue weighted by molar-refractivity contribution is -0.123. The maximum atomic E-state index is 12.5. The average Bonchev–Trinajstić information content (AvgIpc) is 3.16. The number of hydrogen-bond donors (Lipinski definition) is 2. The largest absolute Gasteiger partial charge is 0.353 e. The highest BCUT2D eigenvalue weighted by Crippen LogP contribution is 2.39. The van der Waals surface area contributed by atoms with Crippen LogP contribution in [-0.2, 0) is 11.2 Å². The van der Waals surface area contributed by atoms with E-state index in [-0.39, 0.29) is 11.9 Å². The van der Waals surface area contributed by atoms with E-state index in [1.54, 1.807) is 0 Å². The van der Waals surface area contributed by atoms with Gasteiger partial charge in [-0.3, -0.25) is 4.79 Å². The van der Waals surface area contributed by atoms with E-state index < -0.39 is 0 Å². The zero-order valence-electron chi connectivity index (χ0n) is 17.4. The van der Waals surface area contributed by atoms with Crippen molar-refractivity contribution in [1.82, 2.24) is 15.5 Å². The van der Waals surface area contributed by atoms with Crippen molar-refractivity contribution in [2.75, 3.05) is 0 Å². The average molecular weight is 397 g/mol. The van der Waals surface area contributed by atoms with Crippen LogP contribution in [0.1, 0.15) is 69.7 Å². The molecule has 1 amide bonds. The molecule has 0 aliphatic heterocycles. The standard InChI is InChI=1S/C23H32N4O2/c1-14(2)15-6-8-16(9-7-15)23-26-21(29-27-23)11-10-20(28)25-22-17-4-3-5-18(22)13-19(24)12-17/h6-9,14,17-19,22H,3-5,10-13,24H2,1-2H3,(H,25,28). The van der Waals surface area contributed by atoms with Crippen LogP contribution in [0.5, 0.6) is 0 Å². The van der Waals surface area contributed by atoms with E-state index in [0.29, 0.717) is 48.4 Å². The highest BCUT2D eigenvalue weighted by molar-refractivity contribution is 5.76. The third-order valence-corrected chi connectivity index (χ3v) is 6.57. The van der Waals surface area contributed by atoms with Gasteiger partial charge in [-0.25, -0.2) is 0 Å². The lowest BCUT2D eigenvalue weighted by atomic mass is 9.67. The van der Waals surface area contributed by atoms with E-state index >= 15 is 0 Å². The van der Waals surface area contributed by atoms with Crippen molar-refractivity contribution in [2.45, 2.75) is 76.8 Å². The Morgan fingerprint density at radius 1 is 1.21 bits per heavy atom. The van der Waals surface area contributed by atoms with Crippen LogP contribution in [0.3, 0.4) is 0 Å². The first kappa shape index (κ1) is 20.1. The number of rotatable bonds is 6. The summed E-state index contributed by atoms with van der Waals surface area (Å²) in [5, 5.41) is 7.36. The number of aryl methyl sites for hydroxylation is 1. The Morgan fingerprint density at radius 2 is 1.90 bits per heavy atom. The molecule has 3 N–H and O–H groups in total. The van der Waals surface area contributed by atoms with Crippen molar-refractivity contribution >= 4 is 5.91 Å². The molecule has 6 heteroatoms. The SMILES string of the molecule is CC(C)c1ccc(-c2noc(CCC(=O)NC3C4CCCC3CC(N)C4)n2)cc1. The summed E-state index contributed by atoms with van der Waals surface area (Å²) >= 11 is 0. The Bertz CT molecular complexity index is 816. The number of hydrogen-bond acceptors (Lipinski definition) is 5. The van der Waals surface area contributed by atoms with Crippen molar-refractivity contribution in [1.29, 1.82) is 0 Å². The maximum Gasteiger partial charge on any atom is 0.227 e.